The molecule has 1 aliphatic heterocycles. The van der Waals surface area contributed by atoms with Crippen LogP contribution in [0.2, 0.25) is 0 Å². The first-order valence-electron chi connectivity index (χ1n) is 6.27. The van der Waals surface area contributed by atoms with Crippen LogP contribution in [0.25, 0.3) is 0 Å². The van der Waals surface area contributed by atoms with Crippen molar-refractivity contribution in [1.29, 1.82) is 0 Å². The molecule has 0 bridgehead atoms. The Hall–Kier alpha value is -1.01. The van der Waals surface area contributed by atoms with E-state index in [0.29, 0.717) is 18.2 Å². The Morgan fingerprint density at radius 1 is 1.78 bits per heavy atom. The number of H-pyrrole nitrogens is 1. The van der Waals surface area contributed by atoms with Gasteiger partial charge in [0.15, 0.2) is 0 Å². The Balaban J connectivity index is 2.01. The molecule has 5 nitrogen and oxygen atoms in total. The lowest BCUT2D eigenvalue weighted by Crippen LogP contribution is -2.47. The van der Waals surface area contributed by atoms with Gasteiger partial charge in [-0.1, -0.05) is 13.8 Å². The maximum Gasteiger partial charge on any atom is 0.240 e. The second kappa shape index (κ2) is 5.75. The molecule has 1 amide bonds. The highest BCUT2D eigenvalue weighted by Gasteiger charge is 2.29. The lowest BCUT2D eigenvalue weighted by molar-refractivity contribution is -0.133. The number of amides is 1. The van der Waals surface area contributed by atoms with Gasteiger partial charge in [-0.05, 0) is 5.75 Å². The molecule has 1 unspecified atom stereocenters. The first-order valence-corrected chi connectivity index (χ1v) is 7.43. The zero-order chi connectivity index (χ0) is 13.1. The fraction of sp³-hybridized carbons (Fsp3) is 0.667. The van der Waals surface area contributed by atoms with Gasteiger partial charge in [0.05, 0.1) is 12.2 Å². The van der Waals surface area contributed by atoms with E-state index in [4.69, 9.17) is 5.73 Å². The summed E-state index contributed by atoms with van der Waals surface area (Å²) in [6, 6.07) is -0.393. The highest BCUT2D eigenvalue weighted by atomic mass is 32.2. The molecule has 0 saturated heterocycles. The SMILES string of the molecule is CCSC[C@H](N)C(=O)N1Cc2cn[nH]c2C(C)C1. The van der Waals surface area contributed by atoms with E-state index < -0.39 is 6.04 Å². The minimum Gasteiger partial charge on any atom is -0.336 e. The molecule has 0 radical (unpaired) electrons. The van der Waals surface area contributed by atoms with Crippen LogP contribution in [0.5, 0.6) is 0 Å². The molecule has 1 aromatic heterocycles. The second-order valence-electron chi connectivity index (χ2n) is 4.69. The first-order chi connectivity index (χ1) is 8.63. The molecule has 2 rings (SSSR count). The molecule has 2 atom stereocenters. The average Bonchev–Trinajstić information content (AvgIpc) is 2.83. The van der Waals surface area contributed by atoms with Crippen molar-refractivity contribution in [2.24, 2.45) is 5.73 Å². The third-order valence-electron chi connectivity index (χ3n) is 3.23. The van der Waals surface area contributed by atoms with Crippen molar-refractivity contribution in [3.05, 3.63) is 17.5 Å². The van der Waals surface area contributed by atoms with Crippen molar-refractivity contribution in [3.8, 4) is 0 Å². The van der Waals surface area contributed by atoms with Crippen LogP contribution in [0.3, 0.4) is 0 Å². The number of hydrogen-bond acceptors (Lipinski definition) is 4. The third-order valence-corrected chi connectivity index (χ3v) is 4.23. The number of carbonyl (C=O) groups excluding carboxylic acids is 1. The number of hydrogen-bond donors (Lipinski definition) is 2. The van der Waals surface area contributed by atoms with Crippen LogP contribution in [-0.4, -0.2) is 45.1 Å². The largest absolute Gasteiger partial charge is 0.336 e. The van der Waals surface area contributed by atoms with Gasteiger partial charge >= 0.3 is 0 Å². The highest BCUT2D eigenvalue weighted by Crippen LogP contribution is 2.26. The topological polar surface area (TPSA) is 75.0 Å². The minimum atomic E-state index is -0.393. The van der Waals surface area contributed by atoms with Gasteiger partial charge in [-0.25, -0.2) is 0 Å². The summed E-state index contributed by atoms with van der Waals surface area (Å²) < 4.78 is 0. The van der Waals surface area contributed by atoms with Gasteiger partial charge in [-0.15, -0.1) is 0 Å². The zero-order valence-electron chi connectivity index (χ0n) is 10.8. The van der Waals surface area contributed by atoms with Gasteiger partial charge < -0.3 is 10.6 Å². The monoisotopic (exact) mass is 268 g/mol. The summed E-state index contributed by atoms with van der Waals surface area (Å²) in [6.07, 6.45) is 1.80. The lowest BCUT2D eigenvalue weighted by atomic mass is 9.98. The molecule has 0 aliphatic carbocycles. The van der Waals surface area contributed by atoms with Crippen LogP contribution < -0.4 is 5.73 Å². The number of carbonyl (C=O) groups is 1. The number of thioether (sulfide) groups is 1. The quantitative estimate of drug-likeness (QED) is 0.852. The Labute approximate surface area is 111 Å². The average molecular weight is 268 g/mol. The number of nitrogens with zero attached hydrogens (tertiary/aromatic N) is 2. The van der Waals surface area contributed by atoms with E-state index in [1.165, 1.54) is 0 Å². The molecular formula is C12H20N4OS. The van der Waals surface area contributed by atoms with Gasteiger partial charge in [0, 0.05) is 36.0 Å². The number of rotatable bonds is 4. The van der Waals surface area contributed by atoms with E-state index in [0.717, 1.165) is 23.6 Å². The van der Waals surface area contributed by atoms with Crippen molar-refractivity contribution < 1.29 is 4.79 Å². The van der Waals surface area contributed by atoms with Gasteiger partial charge in [-0.2, -0.15) is 16.9 Å². The number of aromatic amines is 1. The predicted molar refractivity (Wildman–Crippen MR) is 73.4 cm³/mol. The summed E-state index contributed by atoms with van der Waals surface area (Å²) in [5, 5.41) is 7.05. The van der Waals surface area contributed by atoms with Crippen LogP contribution in [-0.2, 0) is 11.3 Å². The van der Waals surface area contributed by atoms with E-state index >= 15 is 0 Å². The normalized spacial score (nSPS) is 20.6. The smallest absolute Gasteiger partial charge is 0.240 e. The number of fused-ring (bicyclic) bond motifs is 1. The number of aromatic nitrogens is 2. The second-order valence-corrected chi connectivity index (χ2v) is 6.01. The van der Waals surface area contributed by atoms with E-state index in [-0.39, 0.29) is 5.91 Å². The molecule has 0 aromatic carbocycles. The molecule has 1 aliphatic rings. The predicted octanol–water partition coefficient (Wildman–Crippen LogP) is 0.936. The van der Waals surface area contributed by atoms with Crippen LogP contribution in [0.15, 0.2) is 6.20 Å². The molecule has 0 fully saturated rings. The van der Waals surface area contributed by atoms with Crippen molar-refractivity contribution in [2.75, 3.05) is 18.1 Å². The molecule has 18 heavy (non-hydrogen) atoms. The first kappa shape index (κ1) is 13.4. The molecule has 1 aromatic rings. The van der Waals surface area contributed by atoms with Crippen LogP contribution >= 0.6 is 11.8 Å². The number of nitrogens with two attached hydrogens (primary N) is 1. The molecule has 2 heterocycles. The molecule has 100 valence electrons. The van der Waals surface area contributed by atoms with Crippen molar-refractivity contribution in [3.63, 3.8) is 0 Å². The molecule has 6 heteroatoms. The van der Waals surface area contributed by atoms with Gasteiger partial charge in [0.2, 0.25) is 5.91 Å². The van der Waals surface area contributed by atoms with Gasteiger partial charge in [-0.3, -0.25) is 9.89 Å². The summed E-state index contributed by atoms with van der Waals surface area (Å²) >= 11 is 1.71. The summed E-state index contributed by atoms with van der Waals surface area (Å²) in [6.45, 7) is 5.52. The summed E-state index contributed by atoms with van der Waals surface area (Å²) in [5.74, 6) is 2.03. The summed E-state index contributed by atoms with van der Waals surface area (Å²) in [7, 11) is 0. The van der Waals surface area contributed by atoms with Gasteiger partial charge in [0.1, 0.15) is 0 Å². The van der Waals surface area contributed by atoms with E-state index in [9.17, 15) is 4.79 Å². The molecular weight excluding hydrogens is 248 g/mol. The molecule has 0 spiro atoms. The summed E-state index contributed by atoms with van der Waals surface area (Å²) in [5.41, 5.74) is 8.20. The van der Waals surface area contributed by atoms with Crippen molar-refractivity contribution >= 4 is 17.7 Å². The Morgan fingerprint density at radius 3 is 3.28 bits per heavy atom. The Morgan fingerprint density at radius 2 is 2.56 bits per heavy atom. The number of nitrogens with one attached hydrogen (secondary N) is 1. The standard InChI is InChI=1S/C12H20N4OS/c1-3-18-7-10(13)12(17)16-5-8(2)11-9(6-16)4-14-15-11/h4,8,10H,3,5-7,13H2,1-2H3,(H,14,15)/t8?,10-/m0/s1. The fourth-order valence-electron chi connectivity index (χ4n) is 2.28. The minimum absolute atomic E-state index is 0.0506. The Kier molecular flexibility index (Phi) is 4.29. The fourth-order valence-corrected chi connectivity index (χ4v) is 2.92. The lowest BCUT2D eigenvalue weighted by Gasteiger charge is -2.32. The Bertz CT molecular complexity index is 420. The summed E-state index contributed by atoms with van der Waals surface area (Å²) in [4.78, 5) is 14.1. The molecule has 0 saturated carbocycles. The van der Waals surface area contributed by atoms with Gasteiger partial charge in [0.25, 0.3) is 0 Å². The van der Waals surface area contributed by atoms with Crippen LogP contribution in [0.4, 0.5) is 0 Å². The third kappa shape index (κ3) is 2.70. The van der Waals surface area contributed by atoms with E-state index in [1.807, 2.05) is 4.90 Å². The van der Waals surface area contributed by atoms with Crippen LogP contribution in [0.1, 0.15) is 31.0 Å². The maximum absolute atomic E-state index is 12.2. The van der Waals surface area contributed by atoms with E-state index in [1.54, 1.807) is 18.0 Å². The van der Waals surface area contributed by atoms with E-state index in [2.05, 4.69) is 24.0 Å². The maximum atomic E-state index is 12.2. The highest BCUT2D eigenvalue weighted by molar-refractivity contribution is 7.99. The molecule has 3 N–H and O–H groups in total. The zero-order valence-corrected chi connectivity index (χ0v) is 11.7. The van der Waals surface area contributed by atoms with Crippen molar-refractivity contribution in [2.45, 2.75) is 32.4 Å². The van der Waals surface area contributed by atoms with Crippen molar-refractivity contribution in [1.82, 2.24) is 15.1 Å². The van der Waals surface area contributed by atoms with Crippen LogP contribution in [0, 0.1) is 0 Å².